The largest absolute Gasteiger partial charge is 0.350 e. The zero-order chi connectivity index (χ0) is 17.0. The molecule has 7 heteroatoms. The van der Waals surface area contributed by atoms with E-state index in [4.69, 9.17) is 0 Å². The number of nitrogens with zero attached hydrogens (tertiary/aromatic N) is 2. The first-order valence-corrected chi connectivity index (χ1v) is 7.14. The minimum absolute atomic E-state index is 0.107. The van der Waals surface area contributed by atoms with E-state index in [-0.39, 0.29) is 30.1 Å². The zero-order valence-corrected chi connectivity index (χ0v) is 12.8. The molecule has 0 aliphatic rings. The average Bonchev–Trinajstić information content (AvgIpc) is 2.48. The maximum atomic E-state index is 13.5. The van der Waals surface area contributed by atoms with Crippen LogP contribution in [0.3, 0.4) is 0 Å². The molecule has 23 heavy (non-hydrogen) atoms. The fourth-order valence-electron chi connectivity index (χ4n) is 1.97. The van der Waals surface area contributed by atoms with Crippen molar-refractivity contribution in [2.75, 3.05) is 0 Å². The van der Waals surface area contributed by atoms with E-state index in [9.17, 15) is 18.4 Å². The summed E-state index contributed by atoms with van der Waals surface area (Å²) in [5, 5.41) is 2.39. The van der Waals surface area contributed by atoms with Crippen LogP contribution >= 0.6 is 0 Å². The van der Waals surface area contributed by atoms with E-state index in [1.54, 1.807) is 0 Å². The van der Waals surface area contributed by atoms with Crippen molar-refractivity contribution in [2.45, 2.75) is 32.9 Å². The Morgan fingerprint density at radius 2 is 1.96 bits per heavy atom. The number of hydrogen-bond donors (Lipinski definition) is 1. The van der Waals surface area contributed by atoms with E-state index in [0.717, 1.165) is 16.7 Å². The molecule has 0 unspecified atom stereocenters. The first-order chi connectivity index (χ1) is 10.9. The molecular weight excluding hydrogens is 304 g/mol. The number of halogens is 2. The quantitative estimate of drug-likeness (QED) is 0.915. The van der Waals surface area contributed by atoms with Crippen LogP contribution in [0.4, 0.5) is 8.78 Å². The van der Waals surface area contributed by atoms with Crippen molar-refractivity contribution < 1.29 is 13.6 Å². The summed E-state index contributed by atoms with van der Waals surface area (Å²) in [5.41, 5.74) is 0.0671. The minimum Gasteiger partial charge on any atom is -0.350 e. The Morgan fingerprint density at radius 3 is 2.52 bits per heavy atom. The van der Waals surface area contributed by atoms with Gasteiger partial charge < -0.3 is 5.32 Å². The first-order valence-electron chi connectivity index (χ1n) is 7.14. The Labute approximate surface area is 132 Å². The van der Waals surface area contributed by atoms with Crippen LogP contribution < -0.4 is 10.9 Å². The summed E-state index contributed by atoms with van der Waals surface area (Å²) in [6.07, 6.45) is 1.29. The number of hydrogen-bond acceptors (Lipinski definition) is 3. The molecule has 1 N–H and O–H groups in total. The Morgan fingerprint density at radius 1 is 1.30 bits per heavy atom. The van der Waals surface area contributed by atoms with Gasteiger partial charge in [-0.05, 0) is 18.1 Å². The van der Waals surface area contributed by atoms with Gasteiger partial charge in [-0.1, -0.05) is 19.9 Å². The summed E-state index contributed by atoms with van der Waals surface area (Å²) >= 11 is 0. The van der Waals surface area contributed by atoms with Gasteiger partial charge in [0.1, 0.15) is 18.2 Å². The normalized spacial score (nSPS) is 10.8. The van der Waals surface area contributed by atoms with Gasteiger partial charge in [-0.3, -0.25) is 14.2 Å². The Balaban J connectivity index is 2.02. The van der Waals surface area contributed by atoms with E-state index in [1.807, 2.05) is 13.8 Å². The van der Waals surface area contributed by atoms with Crippen molar-refractivity contribution in [1.29, 1.82) is 0 Å². The summed E-state index contributed by atoms with van der Waals surface area (Å²) in [6, 6.07) is 4.85. The topological polar surface area (TPSA) is 64.0 Å². The molecule has 2 rings (SSSR count). The fraction of sp³-hybridized carbons (Fsp3) is 0.312. The molecule has 1 heterocycles. The molecule has 0 radical (unpaired) electrons. The highest BCUT2D eigenvalue weighted by molar-refractivity contribution is 5.75. The SMILES string of the molecule is CC(C)c1cc(=O)n(CC(=O)NCc2c(F)cccc2F)cn1. The second-order valence-electron chi connectivity index (χ2n) is 5.41. The third-order valence-electron chi connectivity index (χ3n) is 3.33. The Kier molecular flexibility index (Phi) is 5.20. The van der Waals surface area contributed by atoms with Crippen LogP contribution in [0.5, 0.6) is 0 Å². The summed E-state index contributed by atoms with van der Waals surface area (Å²) < 4.78 is 28.0. The monoisotopic (exact) mass is 321 g/mol. The van der Waals surface area contributed by atoms with Gasteiger partial charge in [0.2, 0.25) is 5.91 Å². The van der Waals surface area contributed by atoms with Crippen LogP contribution in [0.2, 0.25) is 0 Å². The third kappa shape index (κ3) is 4.21. The lowest BCUT2D eigenvalue weighted by molar-refractivity contribution is -0.121. The maximum Gasteiger partial charge on any atom is 0.254 e. The van der Waals surface area contributed by atoms with Crippen LogP contribution in [0.25, 0.3) is 0 Å². The molecule has 0 spiro atoms. The zero-order valence-electron chi connectivity index (χ0n) is 12.8. The van der Waals surface area contributed by atoms with E-state index >= 15 is 0 Å². The van der Waals surface area contributed by atoms with Crippen LogP contribution in [-0.2, 0) is 17.9 Å². The summed E-state index contributed by atoms with van der Waals surface area (Å²) in [4.78, 5) is 27.8. The minimum atomic E-state index is -0.731. The molecule has 2 aromatic rings. The van der Waals surface area contributed by atoms with Crippen molar-refractivity contribution in [2.24, 2.45) is 0 Å². The molecule has 0 saturated carbocycles. The van der Waals surface area contributed by atoms with E-state index < -0.39 is 17.5 Å². The molecule has 0 saturated heterocycles. The van der Waals surface area contributed by atoms with Gasteiger partial charge in [0, 0.05) is 18.2 Å². The molecule has 122 valence electrons. The number of benzene rings is 1. The predicted octanol–water partition coefficient (Wildman–Crippen LogP) is 1.96. The molecule has 0 fully saturated rings. The van der Waals surface area contributed by atoms with Crippen molar-refractivity contribution >= 4 is 5.91 Å². The molecule has 0 atom stereocenters. The molecule has 0 bridgehead atoms. The van der Waals surface area contributed by atoms with Gasteiger partial charge in [-0.15, -0.1) is 0 Å². The van der Waals surface area contributed by atoms with Gasteiger partial charge in [-0.2, -0.15) is 0 Å². The van der Waals surface area contributed by atoms with E-state index in [0.29, 0.717) is 5.69 Å². The van der Waals surface area contributed by atoms with Gasteiger partial charge in [0.25, 0.3) is 5.56 Å². The lowest BCUT2D eigenvalue weighted by Gasteiger charge is -2.10. The third-order valence-corrected chi connectivity index (χ3v) is 3.33. The molecule has 0 aliphatic carbocycles. The first kappa shape index (κ1) is 16.8. The van der Waals surface area contributed by atoms with Gasteiger partial charge >= 0.3 is 0 Å². The maximum absolute atomic E-state index is 13.5. The fourth-order valence-corrected chi connectivity index (χ4v) is 1.97. The second-order valence-corrected chi connectivity index (χ2v) is 5.41. The van der Waals surface area contributed by atoms with Crippen molar-refractivity contribution in [1.82, 2.24) is 14.9 Å². The number of rotatable bonds is 5. The number of amides is 1. The molecule has 5 nitrogen and oxygen atoms in total. The van der Waals surface area contributed by atoms with E-state index in [1.165, 1.54) is 18.5 Å². The smallest absolute Gasteiger partial charge is 0.254 e. The van der Waals surface area contributed by atoms with Crippen LogP contribution in [0.1, 0.15) is 31.0 Å². The van der Waals surface area contributed by atoms with Crippen molar-refractivity contribution in [3.63, 3.8) is 0 Å². The standard InChI is InChI=1S/C16H17F2N3O2/c1-10(2)14-6-16(23)21(9-20-14)8-15(22)19-7-11-12(17)4-3-5-13(11)18/h3-6,9-10H,7-8H2,1-2H3,(H,19,22). The lowest BCUT2D eigenvalue weighted by atomic mass is 10.1. The highest BCUT2D eigenvalue weighted by atomic mass is 19.1. The molecular formula is C16H17F2N3O2. The Bertz CT molecular complexity index is 752. The highest BCUT2D eigenvalue weighted by Gasteiger charge is 2.11. The van der Waals surface area contributed by atoms with Crippen LogP contribution in [0.15, 0.2) is 35.4 Å². The summed E-state index contributed by atoms with van der Waals surface area (Å²) in [7, 11) is 0. The molecule has 1 aromatic heterocycles. The van der Waals surface area contributed by atoms with Gasteiger partial charge in [0.15, 0.2) is 0 Å². The summed E-state index contributed by atoms with van der Waals surface area (Å²) in [5.74, 6) is -1.89. The van der Waals surface area contributed by atoms with Gasteiger partial charge in [-0.25, -0.2) is 13.8 Å². The highest BCUT2D eigenvalue weighted by Crippen LogP contribution is 2.11. The van der Waals surface area contributed by atoms with Gasteiger partial charge in [0.05, 0.1) is 12.0 Å². The predicted molar refractivity (Wildman–Crippen MR) is 80.8 cm³/mol. The Hall–Kier alpha value is -2.57. The molecule has 1 amide bonds. The van der Waals surface area contributed by atoms with Crippen LogP contribution in [-0.4, -0.2) is 15.5 Å². The van der Waals surface area contributed by atoms with Crippen LogP contribution in [0, 0.1) is 11.6 Å². The number of nitrogens with one attached hydrogen (secondary N) is 1. The van der Waals surface area contributed by atoms with Crippen molar-refractivity contribution in [3.05, 3.63) is 63.8 Å². The number of aromatic nitrogens is 2. The lowest BCUT2D eigenvalue weighted by Crippen LogP contribution is -2.32. The second kappa shape index (κ2) is 7.13. The number of carbonyl (C=O) groups is 1. The molecule has 1 aromatic carbocycles. The van der Waals surface area contributed by atoms with Crippen molar-refractivity contribution in [3.8, 4) is 0 Å². The average molecular weight is 321 g/mol. The number of carbonyl (C=O) groups excluding carboxylic acids is 1. The summed E-state index contributed by atoms with van der Waals surface area (Å²) in [6.45, 7) is 3.26. The molecule has 0 aliphatic heterocycles. The van der Waals surface area contributed by atoms with E-state index in [2.05, 4.69) is 10.3 Å².